The van der Waals surface area contributed by atoms with Gasteiger partial charge in [-0.25, -0.2) is 0 Å². The number of hydrogen-bond donors (Lipinski definition) is 2. The average molecular weight is 373 g/mol. The van der Waals surface area contributed by atoms with Gasteiger partial charge in [-0.1, -0.05) is 43.0 Å². The third kappa shape index (κ3) is 4.16. The van der Waals surface area contributed by atoms with Gasteiger partial charge in [0.1, 0.15) is 5.75 Å². The fourth-order valence-electron chi connectivity index (χ4n) is 3.88. The molecule has 1 atom stereocenters. The molecule has 1 aliphatic carbocycles. The van der Waals surface area contributed by atoms with Crippen LogP contribution in [-0.4, -0.2) is 19.1 Å². The second-order valence-electron chi connectivity index (χ2n) is 6.86. The van der Waals surface area contributed by atoms with Crippen LogP contribution in [0.2, 0.25) is 5.02 Å². The molecule has 0 saturated heterocycles. The zero-order chi connectivity index (χ0) is 16.3. The summed E-state index contributed by atoms with van der Waals surface area (Å²) in [5, 5.41) is 3.78. The Hall–Kier alpha value is -0.970. The van der Waals surface area contributed by atoms with Gasteiger partial charge in [0.05, 0.1) is 17.7 Å². The molecular formula is C18H26Cl2N2O2. The van der Waals surface area contributed by atoms with Crippen LogP contribution in [0.3, 0.4) is 0 Å². The van der Waals surface area contributed by atoms with Gasteiger partial charge >= 0.3 is 0 Å². The fraction of sp³-hybridized carbons (Fsp3) is 0.611. The molecule has 2 aliphatic rings. The van der Waals surface area contributed by atoms with E-state index in [2.05, 4.69) is 5.32 Å². The summed E-state index contributed by atoms with van der Waals surface area (Å²) in [5.41, 5.74) is 6.96. The summed E-state index contributed by atoms with van der Waals surface area (Å²) in [6.45, 7) is 1.17. The van der Waals surface area contributed by atoms with Crippen LogP contribution in [0.25, 0.3) is 0 Å². The molecule has 1 aromatic rings. The Morgan fingerprint density at radius 3 is 2.79 bits per heavy atom. The molecule has 1 saturated carbocycles. The largest absolute Gasteiger partial charge is 0.492 e. The number of ether oxygens (including phenoxy) is 1. The Morgan fingerprint density at radius 1 is 1.33 bits per heavy atom. The first kappa shape index (κ1) is 19.4. The maximum atomic E-state index is 12.6. The standard InChI is InChI=1S/C18H25ClN2O2.ClH/c19-14-6-4-5-13-15(7-10-23-17(13)14)21-16(22)11-18(12-20)8-2-1-3-9-18;/h4-6,15H,1-3,7-12,20H2,(H,21,22);1H. The fourth-order valence-corrected chi connectivity index (χ4v) is 4.11. The first-order valence-corrected chi connectivity index (χ1v) is 8.92. The van der Waals surface area contributed by atoms with E-state index >= 15 is 0 Å². The van der Waals surface area contributed by atoms with Crippen LogP contribution in [0.1, 0.15) is 56.6 Å². The van der Waals surface area contributed by atoms with Crippen molar-refractivity contribution in [2.75, 3.05) is 13.2 Å². The van der Waals surface area contributed by atoms with Gasteiger partial charge < -0.3 is 15.8 Å². The second kappa shape index (κ2) is 8.41. The van der Waals surface area contributed by atoms with E-state index in [0.29, 0.717) is 30.3 Å². The smallest absolute Gasteiger partial charge is 0.221 e. The maximum Gasteiger partial charge on any atom is 0.221 e. The van der Waals surface area contributed by atoms with Gasteiger partial charge in [0.15, 0.2) is 0 Å². The Labute approximate surface area is 154 Å². The molecule has 1 heterocycles. The summed E-state index contributed by atoms with van der Waals surface area (Å²) in [6.07, 6.45) is 7.04. The maximum absolute atomic E-state index is 12.6. The summed E-state index contributed by atoms with van der Waals surface area (Å²) >= 11 is 6.19. The van der Waals surface area contributed by atoms with E-state index in [1.165, 1.54) is 19.3 Å². The van der Waals surface area contributed by atoms with E-state index in [0.717, 1.165) is 24.8 Å². The first-order valence-electron chi connectivity index (χ1n) is 8.54. The van der Waals surface area contributed by atoms with Crippen molar-refractivity contribution in [2.45, 2.75) is 51.0 Å². The second-order valence-corrected chi connectivity index (χ2v) is 7.26. The van der Waals surface area contributed by atoms with E-state index in [1.807, 2.05) is 18.2 Å². The molecule has 1 amide bonds. The summed E-state index contributed by atoms with van der Waals surface area (Å²) in [7, 11) is 0. The van der Waals surface area contributed by atoms with Gasteiger partial charge in [-0.15, -0.1) is 12.4 Å². The number of rotatable bonds is 4. The minimum absolute atomic E-state index is 0. The van der Waals surface area contributed by atoms with E-state index < -0.39 is 0 Å². The van der Waals surface area contributed by atoms with Gasteiger partial charge in [-0.05, 0) is 30.9 Å². The van der Waals surface area contributed by atoms with Crippen molar-refractivity contribution in [3.8, 4) is 5.75 Å². The molecule has 1 fully saturated rings. The van der Waals surface area contributed by atoms with Crippen molar-refractivity contribution in [2.24, 2.45) is 11.1 Å². The Morgan fingerprint density at radius 2 is 2.08 bits per heavy atom. The number of para-hydroxylation sites is 1. The number of nitrogens with two attached hydrogens (primary N) is 1. The lowest BCUT2D eigenvalue weighted by Crippen LogP contribution is -2.40. The summed E-state index contributed by atoms with van der Waals surface area (Å²) in [5.74, 6) is 0.798. The van der Waals surface area contributed by atoms with Crippen molar-refractivity contribution in [1.29, 1.82) is 0 Å². The molecular weight excluding hydrogens is 347 g/mol. The van der Waals surface area contributed by atoms with E-state index in [9.17, 15) is 4.79 Å². The third-order valence-electron chi connectivity index (χ3n) is 5.24. The Bertz CT molecular complexity index is 574. The number of hydrogen-bond acceptors (Lipinski definition) is 3. The predicted molar refractivity (Wildman–Crippen MR) is 98.9 cm³/mol. The Kier molecular flexibility index (Phi) is 6.79. The number of carbonyl (C=O) groups is 1. The highest BCUT2D eigenvalue weighted by atomic mass is 35.5. The average Bonchev–Trinajstić information content (AvgIpc) is 2.56. The molecule has 0 spiro atoms. The number of carbonyl (C=O) groups excluding carboxylic acids is 1. The quantitative estimate of drug-likeness (QED) is 0.839. The zero-order valence-electron chi connectivity index (χ0n) is 13.9. The van der Waals surface area contributed by atoms with Crippen LogP contribution in [0.5, 0.6) is 5.75 Å². The normalized spacial score (nSPS) is 21.8. The molecule has 24 heavy (non-hydrogen) atoms. The predicted octanol–water partition coefficient (Wildman–Crippen LogP) is 4.00. The van der Waals surface area contributed by atoms with Crippen molar-refractivity contribution in [1.82, 2.24) is 5.32 Å². The van der Waals surface area contributed by atoms with Gasteiger partial charge in [0, 0.05) is 18.4 Å². The van der Waals surface area contributed by atoms with Crippen molar-refractivity contribution in [3.05, 3.63) is 28.8 Å². The molecule has 3 N–H and O–H groups in total. The minimum atomic E-state index is -0.0247. The summed E-state index contributed by atoms with van der Waals surface area (Å²) < 4.78 is 5.65. The highest BCUT2D eigenvalue weighted by molar-refractivity contribution is 6.32. The summed E-state index contributed by atoms with van der Waals surface area (Å²) in [4.78, 5) is 12.6. The molecule has 1 aliphatic heterocycles. The molecule has 1 aromatic carbocycles. The highest BCUT2D eigenvalue weighted by Crippen LogP contribution is 2.40. The lowest BCUT2D eigenvalue weighted by molar-refractivity contribution is -0.124. The van der Waals surface area contributed by atoms with Crippen LogP contribution in [-0.2, 0) is 4.79 Å². The van der Waals surface area contributed by atoms with Gasteiger partial charge in [-0.3, -0.25) is 4.79 Å². The van der Waals surface area contributed by atoms with E-state index in [4.69, 9.17) is 22.1 Å². The number of benzene rings is 1. The molecule has 6 heteroatoms. The minimum Gasteiger partial charge on any atom is -0.492 e. The highest BCUT2D eigenvalue weighted by Gasteiger charge is 2.34. The zero-order valence-corrected chi connectivity index (χ0v) is 15.4. The molecule has 134 valence electrons. The number of fused-ring (bicyclic) bond motifs is 1. The molecule has 3 rings (SSSR count). The van der Waals surface area contributed by atoms with E-state index in [1.54, 1.807) is 0 Å². The van der Waals surface area contributed by atoms with Crippen LogP contribution >= 0.6 is 24.0 Å². The third-order valence-corrected chi connectivity index (χ3v) is 5.54. The van der Waals surface area contributed by atoms with Crippen LogP contribution < -0.4 is 15.8 Å². The van der Waals surface area contributed by atoms with Crippen LogP contribution in [0.4, 0.5) is 0 Å². The number of halogens is 2. The number of nitrogens with one attached hydrogen (secondary N) is 1. The van der Waals surface area contributed by atoms with Gasteiger partial charge in [0.25, 0.3) is 0 Å². The molecule has 4 nitrogen and oxygen atoms in total. The monoisotopic (exact) mass is 372 g/mol. The van der Waals surface area contributed by atoms with Gasteiger partial charge in [-0.2, -0.15) is 0 Å². The lowest BCUT2D eigenvalue weighted by Gasteiger charge is -2.36. The molecule has 0 radical (unpaired) electrons. The lowest BCUT2D eigenvalue weighted by atomic mass is 9.71. The van der Waals surface area contributed by atoms with Gasteiger partial charge in [0.2, 0.25) is 5.91 Å². The SMILES string of the molecule is Cl.NCC1(CC(=O)NC2CCOc3c(Cl)cccc32)CCCCC1. The topological polar surface area (TPSA) is 64.4 Å². The van der Waals surface area contributed by atoms with Crippen LogP contribution in [0, 0.1) is 5.41 Å². The summed E-state index contributed by atoms with van der Waals surface area (Å²) in [6, 6.07) is 5.67. The molecule has 0 aromatic heterocycles. The molecule has 0 bridgehead atoms. The Balaban J connectivity index is 0.00000208. The van der Waals surface area contributed by atoms with Crippen molar-refractivity contribution >= 4 is 29.9 Å². The van der Waals surface area contributed by atoms with E-state index in [-0.39, 0.29) is 29.8 Å². The first-order chi connectivity index (χ1) is 11.1. The van der Waals surface area contributed by atoms with Crippen LogP contribution in [0.15, 0.2) is 18.2 Å². The van der Waals surface area contributed by atoms with Crippen molar-refractivity contribution < 1.29 is 9.53 Å². The molecule has 1 unspecified atom stereocenters. The van der Waals surface area contributed by atoms with Crippen molar-refractivity contribution in [3.63, 3.8) is 0 Å². The number of amides is 1.